The summed E-state index contributed by atoms with van der Waals surface area (Å²) in [5, 5.41) is 3.49. The Morgan fingerprint density at radius 1 is 0.900 bits per heavy atom. The first-order valence-corrected chi connectivity index (χ1v) is 6.22. The third kappa shape index (κ3) is 3.29. The number of nitrogen functional groups attached to an aromatic ring is 1. The average Bonchev–Trinajstić information content (AvgIpc) is 2.35. The van der Waals surface area contributed by atoms with Crippen LogP contribution in [0.3, 0.4) is 0 Å². The first kappa shape index (κ1) is 14.8. The van der Waals surface area contributed by atoms with E-state index in [4.69, 9.17) is 28.9 Å². The van der Waals surface area contributed by atoms with Gasteiger partial charge in [-0.25, -0.2) is 0 Å². The molecule has 2 nitrogen and oxygen atoms in total. The molecule has 0 spiro atoms. The Balaban J connectivity index is 2.32. The molecule has 0 aliphatic rings. The Kier molecular flexibility index (Phi) is 4.01. The van der Waals surface area contributed by atoms with Gasteiger partial charge in [0.15, 0.2) is 0 Å². The minimum Gasteiger partial charge on any atom is -0.398 e. The van der Waals surface area contributed by atoms with E-state index in [1.807, 2.05) is 0 Å². The van der Waals surface area contributed by atoms with Crippen molar-refractivity contribution in [2.45, 2.75) is 6.18 Å². The van der Waals surface area contributed by atoms with Crippen molar-refractivity contribution >= 4 is 40.3 Å². The van der Waals surface area contributed by atoms with Gasteiger partial charge in [0.2, 0.25) is 0 Å². The van der Waals surface area contributed by atoms with Crippen molar-refractivity contribution in [2.24, 2.45) is 0 Å². The summed E-state index contributed by atoms with van der Waals surface area (Å²) in [5.74, 6) is 0. The summed E-state index contributed by atoms with van der Waals surface area (Å²) in [5.41, 5.74) is 4.90. The second kappa shape index (κ2) is 5.42. The van der Waals surface area contributed by atoms with Crippen molar-refractivity contribution < 1.29 is 13.2 Å². The minimum absolute atomic E-state index is 0.255. The fourth-order valence-electron chi connectivity index (χ4n) is 1.62. The monoisotopic (exact) mass is 320 g/mol. The normalized spacial score (nSPS) is 11.4. The molecular weight excluding hydrogens is 312 g/mol. The molecule has 0 saturated carbocycles. The molecule has 0 aliphatic carbocycles. The molecule has 20 heavy (non-hydrogen) atoms. The summed E-state index contributed by atoms with van der Waals surface area (Å²) >= 11 is 11.6. The first-order valence-electron chi connectivity index (χ1n) is 5.46. The summed E-state index contributed by atoms with van der Waals surface area (Å²) in [4.78, 5) is 0. The fraction of sp³-hybridized carbons (Fsp3) is 0.0769. The van der Waals surface area contributed by atoms with E-state index in [9.17, 15) is 13.2 Å². The Labute approximate surface area is 123 Å². The van der Waals surface area contributed by atoms with Gasteiger partial charge in [-0.1, -0.05) is 23.2 Å². The van der Waals surface area contributed by atoms with Gasteiger partial charge in [0.05, 0.1) is 15.6 Å². The van der Waals surface area contributed by atoms with E-state index < -0.39 is 11.7 Å². The lowest BCUT2D eigenvalue weighted by molar-refractivity contribution is -0.136. The molecule has 2 aromatic carbocycles. The van der Waals surface area contributed by atoms with Crippen LogP contribution in [0.4, 0.5) is 30.2 Å². The Bertz CT molecular complexity index is 642. The molecule has 3 N–H and O–H groups in total. The van der Waals surface area contributed by atoms with E-state index in [0.29, 0.717) is 15.7 Å². The highest BCUT2D eigenvalue weighted by Crippen LogP contribution is 2.36. The van der Waals surface area contributed by atoms with Gasteiger partial charge in [-0.2, -0.15) is 13.2 Å². The van der Waals surface area contributed by atoms with Crippen LogP contribution in [0.15, 0.2) is 36.4 Å². The van der Waals surface area contributed by atoms with E-state index in [2.05, 4.69) is 5.32 Å². The van der Waals surface area contributed by atoms with E-state index in [0.717, 1.165) is 6.07 Å². The van der Waals surface area contributed by atoms with Gasteiger partial charge in [0, 0.05) is 17.1 Å². The van der Waals surface area contributed by atoms with Crippen LogP contribution in [0.25, 0.3) is 0 Å². The van der Waals surface area contributed by atoms with Gasteiger partial charge >= 0.3 is 6.18 Å². The van der Waals surface area contributed by atoms with E-state index in [1.165, 1.54) is 18.2 Å². The molecule has 0 heterocycles. The minimum atomic E-state index is -4.50. The zero-order chi connectivity index (χ0) is 14.9. The third-order valence-electron chi connectivity index (χ3n) is 2.57. The molecule has 2 aromatic rings. The smallest absolute Gasteiger partial charge is 0.398 e. The lowest BCUT2D eigenvalue weighted by atomic mass is 10.1. The highest BCUT2D eigenvalue weighted by molar-refractivity contribution is 6.42. The van der Waals surface area contributed by atoms with E-state index >= 15 is 0 Å². The molecule has 0 fully saturated rings. The Hall–Kier alpha value is -1.59. The molecule has 0 unspecified atom stereocenters. The van der Waals surface area contributed by atoms with Crippen LogP contribution in [0, 0.1) is 0 Å². The van der Waals surface area contributed by atoms with Crippen LogP contribution in [0.5, 0.6) is 0 Å². The topological polar surface area (TPSA) is 38.0 Å². The van der Waals surface area contributed by atoms with Crippen molar-refractivity contribution in [1.29, 1.82) is 0 Å². The summed E-state index contributed by atoms with van der Waals surface area (Å²) in [6.45, 7) is 0. The predicted molar refractivity (Wildman–Crippen MR) is 75.6 cm³/mol. The summed E-state index contributed by atoms with van der Waals surface area (Å²) in [6.07, 6.45) is -4.50. The van der Waals surface area contributed by atoms with Crippen LogP contribution in [0.1, 0.15) is 5.56 Å². The molecule has 0 aromatic heterocycles. The van der Waals surface area contributed by atoms with Gasteiger partial charge in [0.1, 0.15) is 0 Å². The van der Waals surface area contributed by atoms with E-state index in [1.54, 1.807) is 12.1 Å². The lowest BCUT2D eigenvalue weighted by Gasteiger charge is -2.13. The van der Waals surface area contributed by atoms with Crippen LogP contribution in [-0.2, 0) is 6.18 Å². The van der Waals surface area contributed by atoms with Gasteiger partial charge in [-0.3, -0.25) is 0 Å². The SMILES string of the molecule is Nc1ccc(Nc2ccc(Cl)c(Cl)c2)cc1C(F)(F)F. The molecule has 0 bridgehead atoms. The van der Waals surface area contributed by atoms with Gasteiger partial charge in [-0.05, 0) is 36.4 Å². The molecule has 106 valence electrons. The van der Waals surface area contributed by atoms with Crippen molar-refractivity contribution in [2.75, 3.05) is 11.1 Å². The molecule has 0 aliphatic heterocycles. The fourth-order valence-corrected chi connectivity index (χ4v) is 1.92. The van der Waals surface area contributed by atoms with Gasteiger partial charge in [0.25, 0.3) is 0 Å². The standard InChI is InChI=1S/C13H9Cl2F3N2/c14-10-3-1-8(6-11(10)15)20-7-2-4-12(19)9(5-7)13(16,17)18/h1-6,20H,19H2. The Morgan fingerprint density at radius 3 is 2.10 bits per heavy atom. The van der Waals surface area contributed by atoms with Crippen LogP contribution in [0.2, 0.25) is 10.0 Å². The zero-order valence-electron chi connectivity index (χ0n) is 9.93. The zero-order valence-corrected chi connectivity index (χ0v) is 11.4. The summed E-state index contributed by atoms with van der Waals surface area (Å²) < 4.78 is 38.2. The number of anilines is 3. The highest BCUT2D eigenvalue weighted by atomic mass is 35.5. The largest absolute Gasteiger partial charge is 0.418 e. The second-order valence-corrected chi connectivity index (χ2v) is 4.87. The maximum absolute atomic E-state index is 12.7. The molecule has 0 atom stereocenters. The molecule has 0 radical (unpaired) electrons. The second-order valence-electron chi connectivity index (χ2n) is 4.05. The van der Waals surface area contributed by atoms with Crippen molar-refractivity contribution in [3.05, 3.63) is 52.0 Å². The third-order valence-corrected chi connectivity index (χ3v) is 3.31. The van der Waals surface area contributed by atoms with Crippen LogP contribution < -0.4 is 11.1 Å². The van der Waals surface area contributed by atoms with Crippen LogP contribution >= 0.6 is 23.2 Å². The first-order chi connectivity index (χ1) is 9.27. The number of alkyl halides is 3. The van der Waals surface area contributed by atoms with Crippen LogP contribution in [-0.4, -0.2) is 0 Å². The van der Waals surface area contributed by atoms with Gasteiger partial charge < -0.3 is 11.1 Å². The number of hydrogen-bond acceptors (Lipinski definition) is 2. The quantitative estimate of drug-likeness (QED) is 0.733. The molecule has 0 saturated heterocycles. The number of rotatable bonds is 2. The van der Waals surface area contributed by atoms with Gasteiger partial charge in [-0.15, -0.1) is 0 Å². The number of nitrogens with one attached hydrogen (secondary N) is 1. The molecular formula is C13H9Cl2F3N2. The molecule has 0 amide bonds. The van der Waals surface area contributed by atoms with Crippen molar-refractivity contribution in [3.8, 4) is 0 Å². The molecule has 2 rings (SSSR count). The maximum Gasteiger partial charge on any atom is 0.418 e. The Morgan fingerprint density at radius 2 is 1.50 bits per heavy atom. The summed E-state index contributed by atoms with van der Waals surface area (Å²) in [6, 6.07) is 8.27. The number of benzene rings is 2. The average molecular weight is 321 g/mol. The van der Waals surface area contributed by atoms with E-state index in [-0.39, 0.29) is 11.4 Å². The predicted octanol–water partition coefficient (Wildman–Crippen LogP) is 5.34. The number of halogens is 5. The van der Waals surface area contributed by atoms with Crippen molar-refractivity contribution in [3.63, 3.8) is 0 Å². The maximum atomic E-state index is 12.7. The number of hydrogen-bond donors (Lipinski definition) is 2. The lowest BCUT2D eigenvalue weighted by Crippen LogP contribution is -2.09. The highest BCUT2D eigenvalue weighted by Gasteiger charge is 2.33. The number of nitrogens with two attached hydrogens (primary N) is 1. The summed E-state index contributed by atoms with van der Waals surface area (Å²) in [7, 11) is 0. The van der Waals surface area contributed by atoms with Crippen molar-refractivity contribution in [1.82, 2.24) is 0 Å². The molecule has 7 heteroatoms.